The number of rotatable bonds is 18. The van der Waals surface area contributed by atoms with Crippen molar-refractivity contribution in [3.63, 3.8) is 0 Å². The lowest BCUT2D eigenvalue weighted by Crippen LogP contribution is -2.66. The lowest BCUT2D eigenvalue weighted by molar-refractivity contribution is 0.293. The molecular weight excluding hydrogens is 452 g/mol. The first kappa shape index (κ1) is 30.3. The summed E-state index contributed by atoms with van der Waals surface area (Å²) in [6.07, 6.45) is 24.9. The molecule has 0 heterocycles. The topological polar surface area (TPSA) is 9.23 Å². The number of allylic oxidation sites excluding steroid dienone is 4. The summed E-state index contributed by atoms with van der Waals surface area (Å²) in [6, 6.07) is 21.9. The molecule has 0 unspecified atom stereocenters. The molecule has 2 aromatic carbocycles. The maximum absolute atomic E-state index is 6.99. The van der Waals surface area contributed by atoms with E-state index >= 15 is 0 Å². The van der Waals surface area contributed by atoms with Crippen molar-refractivity contribution >= 4 is 18.7 Å². The zero-order valence-electron chi connectivity index (χ0n) is 23.7. The van der Waals surface area contributed by atoms with E-state index in [4.69, 9.17) is 4.43 Å². The second-order valence-corrected chi connectivity index (χ2v) is 15.4. The van der Waals surface area contributed by atoms with E-state index in [1.165, 1.54) is 74.6 Å². The van der Waals surface area contributed by atoms with Crippen molar-refractivity contribution in [2.75, 3.05) is 6.61 Å². The van der Waals surface area contributed by atoms with Crippen LogP contribution in [0.15, 0.2) is 85.0 Å². The molecule has 0 radical (unpaired) electrons. The second-order valence-electron chi connectivity index (χ2n) is 11.1. The highest BCUT2D eigenvalue weighted by Gasteiger charge is 2.49. The van der Waals surface area contributed by atoms with E-state index in [1.807, 2.05) is 0 Å². The standard InChI is InChI=1S/C34H52OSi/c1-5-6-7-8-9-10-11-12-13-14-15-16-17-18-19-26-31-35-36(34(2,3)4,32-27-22-20-23-28-32)33-29-24-21-25-30-33/h6-7,17-18,20-25,27-30H,5,8-16,19,26,31H2,1-4H3/b7-6+,18-17+. The zero-order valence-corrected chi connectivity index (χ0v) is 24.7. The van der Waals surface area contributed by atoms with Gasteiger partial charge in [-0.05, 0) is 60.4 Å². The van der Waals surface area contributed by atoms with Crippen molar-refractivity contribution < 1.29 is 4.43 Å². The van der Waals surface area contributed by atoms with Crippen LogP contribution < -0.4 is 10.4 Å². The number of hydrogen-bond acceptors (Lipinski definition) is 1. The first-order valence-electron chi connectivity index (χ1n) is 14.6. The first-order valence-corrected chi connectivity index (χ1v) is 16.5. The third-order valence-corrected chi connectivity index (χ3v) is 12.1. The molecular formula is C34H52OSi. The summed E-state index contributed by atoms with van der Waals surface area (Å²) in [4.78, 5) is 0. The van der Waals surface area contributed by atoms with E-state index in [0.717, 1.165) is 19.4 Å². The van der Waals surface area contributed by atoms with Crippen LogP contribution >= 0.6 is 0 Å². The van der Waals surface area contributed by atoms with E-state index in [-0.39, 0.29) is 5.04 Å². The molecule has 0 saturated carbocycles. The predicted molar refractivity (Wildman–Crippen MR) is 163 cm³/mol. The average molecular weight is 505 g/mol. The normalized spacial score (nSPS) is 12.7. The summed E-state index contributed by atoms with van der Waals surface area (Å²) in [6.45, 7) is 10.1. The fourth-order valence-electron chi connectivity index (χ4n) is 5.12. The summed E-state index contributed by atoms with van der Waals surface area (Å²) in [5.41, 5.74) is 0. The average Bonchev–Trinajstić information content (AvgIpc) is 2.88. The number of benzene rings is 2. The van der Waals surface area contributed by atoms with Crippen LogP contribution in [0.25, 0.3) is 0 Å². The Hall–Kier alpha value is -1.90. The smallest absolute Gasteiger partial charge is 0.261 e. The molecule has 36 heavy (non-hydrogen) atoms. The van der Waals surface area contributed by atoms with E-state index in [1.54, 1.807) is 0 Å². The van der Waals surface area contributed by atoms with Gasteiger partial charge in [-0.25, -0.2) is 0 Å². The highest BCUT2D eigenvalue weighted by atomic mass is 28.4. The highest BCUT2D eigenvalue weighted by molar-refractivity contribution is 6.99. The monoisotopic (exact) mass is 504 g/mol. The van der Waals surface area contributed by atoms with Gasteiger partial charge in [0.25, 0.3) is 8.32 Å². The van der Waals surface area contributed by atoms with Crippen LogP contribution in [-0.4, -0.2) is 14.9 Å². The molecule has 2 rings (SSSR count). The molecule has 0 amide bonds. The Morgan fingerprint density at radius 1 is 0.583 bits per heavy atom. The van der Waals surface area contributed by atoms with Crippen LogP contribution in [0, 0.1) is 0 Å². The molecule has 2 heteroatoms. The van der Waals surface area contributed by atoms with Gasteiger partial charge in [0.05, 0.1) is 0 Å². The highest BCUT2D eigenvalue weighted by Crippen LogP contribution is 2.36. The summed E-state index contributed by atoms with van der Waals surface area (Å²) in [7, 11) is -2.39. The van der Waals surface area contributed by atoms with Crippen molar-refractivity contribution in [1.82, 2.24) is 0 Å². The Morgan fingerprint density at radius 3 is 1.44 bits per heavy atom. The molecule has 198 valence electrons. The molecule has 0 saturated heterocycles. The number of unbranched alkanes of at least 4 members (excludes halogenated alkanes) is 9. The SMILES string of the molecule is CC/C=C/CCCCCCCCC/C=C/CCCO[Si](c1ccccc1)(c1ccccc1)C(C)(C)C. The zero-order chi connectivity index (χ0) is 26.0. The quantitative estimate of drug-likeness (QED) is 0.112. The third-order valence-electron chi connectivity index (χ3n) is 7.06. The molecule has 0 bridgehead atoms. The van der Waals surface area contributed by atoms with Gasteiger partial charge < -0.3 is 4.43 Å². The van der Waals surface area contributed by atoms with Gasteiger partial charge in [-0.2, -0.15) is 0 Å². The fourth-order valence-corrected chi connectivity index (χ4v) is 9.72. The van der Waals surface area contributed by atoms with Gasteiger partial charge in [-0.3, -0.25) is 0 Å². The van der Waals surface area contributed by atoms with Crippen LogP contribution in [0.4, 0.5) is 0 Å². The van der Waals surface area contributed by atoms with Gasteiger partial charge in [0, 0.05) is 6.61 Å². The second kappa shape index (κ2) is 17.5. The largest absolute Gasteiger partial charge is 0.407 e. The van der Waals surface area contributed by atoms with Crippen LogP contribution in [-0.2, 0) is 4.43 Å². The molecule has 0 aliphatic carbocycles. The fraction of sp³-hybridized carbons (Fsp3) is 0.529. The molecule has 0 aromatic heterocycles. The van der Waals surface area contributed by atoms with Gasteiger partial charge in [0.1, 0.15) is 0 Å². The minimum Gasteiger partial charge on any atom is -0.407 e. The maximum atomic E-state index is 6.99. The predicted octanol–water partition coefficient (Wildman–Crippen LogP) is 9.38. The Bertz CT molecular complexity index is 808. The van der Waals surface area contributed by atoms with Crippen molar-refractivity contribution in [2.24, 2.45) is 0 Å². The van der Waals surface area contributed by atoms with E-state index in [0.29, 0.717) is 0 Å². The van der Waals surface area contributed by atoms with Crippen molar-refractivity contribution in [3.05, 3.63) is 85.0 Å². The molecule has 0 atom stereocenters. The molecule has 0 aliphatic heterocycles. The van der Waals surface area contributed by atoms with Crippen LogP contribution in [0.3, 0.4) is 0 Å². The summed E-state index contributed by atoms with van der Waals surface area (Å²) >= 11 is 0. The number of hydrogen-bond donors (Lipinski definition) is 0. The third kappa shape index (κ3) is 10.2. The van der Waals surface area contributed by atoms with Gasteiger partial charge >= 0.3 is 0 Å². The summed E-state index contributed by atoms with van der Waals surface area (Å²) in [5.74, 6) is 0. The Morgan fingerprint density at radius 2 is 1.00 bits per heavy atom. The summed E-state index contributed by atoms with van der Waals surface area (Å²) in [5, 5.41) is 2.79. The van der Waals surface area contributed by atoms with Gasteiger partial charge in [0.2, 0.25) is 0 Å². The lowest BCUT2D eigenvalue weighted by Gasteiger charge is -2.43. The van der Waals surface area contributed by atoms with E-state index in [9.17, 15) is 0 Å². The minimum absolute atomic E-state index is 0.0532. The Kier molecular flexibility index (Phi) is 14.8. The molecule has 2 aromatic rings. The van der Waals surface area contributed by atoms with E-state index < -0.39 is 8.32 Å². The van der Waals surface area contributed by atoms with Crippen molar-refractivity contribution in [1.29, 1.82) is 0 Å². The van der Waals surface area contributed by atoms with Gasteiger partial charge in [0.15, 0.2) is 0 Å². The Balaban J connectivity index is 1.71. The first-order chi connectivity index (χ1) is 17.5. The van der Waals surface area contributed by atoms with Crippen molar-refractivity contribution in [2.45, 2.75) is 110 Å². The molecule has 0 spiro atoms. The summed E-state index contributed by atoms with van der Waals surface area (Å²) < 4.78 is 6.99. The van der Waals surface area contributed by atoms with Crippen LogP contribution in [0.5, 0.6) is 0 Å². The van der Waals surface area contributed by atoms with Crippen LogP contribution in [0.1, 0.15) is 105 Å². The van der Waals surface area contributed by atoms with Gasteiger partial charge in [-0.1, -0.05) is 145 Å². The van der Waals surface area contributed by atoms with E-state index in [2.05, 4.69) is 113 Å². The van der Waals surface area contributed by atoms with Gasteiger partial charge in [-0.15, -0.1) is 0 Å². The lowest BCUT2D eigenvalue weighted by atomic mass is 10.1. The minimum atomic E-state index is -2.39. The molecule has 1 nitrogen and oxygen atoms in total. The maximum Gasteiger partial charge on any atom is 0.261 e. The Labute approximate surface area is 224 Å². The van der Waals surface area contributed by atoms with Crippen molar-refractivity contribution in [3.8, 4) is 0 Å². The molecule has 0 fully saturated rings. The molecule has 0 aliphatic rings. The van der Waals surface area contributed by atoms with Crippen LogP contribution in [0.2, 0.25) is 5.04 Å². The molecule has 0 N–H and O–H groups in total.